The molecule has 0 atom stereocenters. The van der Waals surface area contributed by atoms with Crippen molar-refractivity contribution in [2.75, 3.05) is 0 Å². The lowest BCUT2D eigenvalue weighted by Crippen LogP contribution is -2.01. The Balaban J connectivity index is 2.00. The first kappa shape index (κ1) is 11.7. The number of hydrogen-bond acceptors (Lipinski definition) is 1. The minimum atomic E-state index is 0.851. The number of hydrogen-bond donors (Lipinski definition) is 0. The number of aromatic nitrogens is 2. The lowest BCUT2D eigenvalue weighted by molar-refractivity contribution is 0.786. The largest absolute Gasteiger partial charge is 0.324 e. The molecule has 0 radical (unpaired) electrons. The highest BCUT2D eigenvalue weighted by Crippen LogP contribution is 2.17. The molecular weight excluding hydrogens is 232 g/mol. The molecule has 0 saturated heterocycles. The molecule has 0 spiro atoms. The second kappa shape index (κ2) is 4.73. The maximum absolute atomic E-state index is 4.59. The van der Waals surface area contributed by atoms with E-state index in [9.17, 15) is 0 Å². The maximum atomic E-state index is 4.59. The van der Waals surface area contributed by atoms with Crippen LogP contribution in [0.1, 0.15) is 17.0 Å². The molecule has 2 heteroatoms. The zero-order valence-corrected chi connectivity index (χ0v) is 11.0. The number of para-hydroxylation sites is 2. The molecule has 0 aliphatic carbocycles. The van der Waals surface area contributed by atoms with E-state index < -0.39 is 0 Å². The molecule has 1 heterocycles. The van der Waals surface area contributed by atoms with Crippen molar-refractivity contribution in [1.29, 1.82) is 0 Å². The minimum Gasteiger partial charge on any atom is -0.324 e. The summed E-state index contributed by atoms with van der Waals surface area (Å²) in [5.41, 5.74) is 4.67. The van der Waals surface area contributed by atoms with Crippen LogP contribution in [-0.2, 0) is 6.54 Å². The van der Waals surface area contributed by atoms with Gasteiger partial charge in [-0.1, -0.05) is 49.1 Å². The first-order valence-corrected chi connectivity index (χ1v) is 6.41. The van der Waals surface area contributed by atoms with Crippen LogP contribution in [0.5, 0.6) is 0 Å². The van der Waals surface area contributed by atoms with Gasteiger partial charge in [0.15, 0.2) is 0 Å². The third kappa shape index (κ3) is 2.17. The zero-order chi connectivity index (χ0) is 13.2. The molecule has 94 valence electrons. The van der Waals surface area contributed by atoms with Gasteiger partial charge in [0, 0.05) is 6.54 Å². The molecule has 0 unspecified atom stereocenters. The number of fused-ring (bicyclic) bond motifs is 1. The smallest absolute Gasteiger partial charge is 0.107 e. The molecule has 2 nitrogen and oxygen atoms in total. The summed E-state index contributed by atoms with van der Waals surface area (Å²) in [4.78, 5) is 4.59. The van der Waals surface area contributed by atoms with Crippen molar-refractivity contribution in [3.63, 3.8) is 0 Å². The summed E-state index contributed by atoms with van der Waals surface area (Å²) in [6.45, 7) is 6.68. The fourth-order valence-corrected chi connectivity index (χ4v) is 2.34. The molecular formula is C17H16N2. The summed E-state index contributed by atoms with van der Waals surface area (Å²) in [6, 6.07) is 16.7. The van der Waals surface area contributed by atoms with Crippen LogP contribution in [-0.4, -0.2) is 9.55 Å². The second-order valence-electron chi connectivity index (χ2n) is 4.68. The Kier molecular flexibility index (Phi) is 2.92. The summed E-state index contributed by atoms with van der Waals surface area (Å²) >= 11 is 0. The Morgan fingerprint density at radius 2 is 1.84 bits per heavy atom. The third-order valence-corrected chi connectivity index (χ3v) is 3.40. The van der Waals surface area contributed by atoms with E-state index in [1.165, 1.54) is 11.1 Å². The average Bonchev–Trinajstić information content (AvgIpc) is 2.76. The van der Waals surface area contributed by atoms with Crippen molar-refractivity contribution in [2.24, 2.45) is 0 Å². The summed E-state index contributed by atoms with van der Waals surface area (Å²) in [5, 5.41) is 0. The molecule has 0 aliphatic rings. The van der Waals surface area contributed by atoms with Gasteiger partial charge in [-0.2, -0.15) is 0 Å². The SMILES string of the molecule is C=Cc1ccc(Cn2c(C)nc3ccccc32)cc1. The van der Waals surface area contributed by atoms with E-state index in [0.717, 1.165) is 23.4 Å². The Labute approximate surface area is 113 Å². The average molecular weight is 248 g/mol. The molecule has 0 amide bonds. The van der Waals surface area contributed by atoms with Crippen molar-refractivity contribution in [3.05, 3.63) is 72.1 Å². The second-order valence-corrected chi connectivity index (χ2v) is 4.68. The predicted octanol–water partition coefficient (Wildman–Crippen LogP) is 4.04. The van der Waals surface area contributed by atoms with Gasteiger partial charge in [-0.05, 0) is 30.2 Å². The van der Waals surface area contributed by atoms with Crippen LogP contribution in [0, 0.1) is 6.92 Å². The first-order valence-electron chi connectivity index (χ1n) is 6.41. The van der Waals surface area contributed by atoms with Gasteiger partial charge in [0.25, 0.3) is 0 Å². The molecule has 0 aliphatic heterocycles. The van der Waals surface area contributed by atoms with E-state index >= 15 is 0 Å². The molecule has 0 fully saturated rings. The quantitative estimate of drug-likeness (QED) is 0.684. The predicted molar refractivity (Wildman–Crippen MR) is 80.1 cm³/mol. The van der Waals surface area contributed by atoms with Crippen LogP contribution < -0.4 is 0 Å². The summed E-state index contributed by atoms with van der Waals surface area (Å²) in [5.74, 6) is 1.05. The van der Waals surface area contributed by atoms with Crippen molar-refractivity contribution in [3.8, 4) is 0 Å². The third-order valence-electron chi connectivity index (χ3n) is 3.40. The molecule has 0 saturated carbocycles. The van der Waals surface area contributed by atoms with Gasteiger partial charge < -0.3 is 4.57 Å². The number of imidazole rings is 1. The number of benzene rings is 2. The Morgan fingerprint density at radius 3 is 2.58 bits per heavy atom. The lowest BCUT2D eigenvalue weighted by atomic mass is 10.1. The number of nitrogens with zero attached hydrogens (tertiary/aromatic N) is 2. The van der Waals surface area contributed by atoms with Crippen molar-refractivity contribution in [1.82, 2.24) is 9.55 Å². The maximum Gasteiger partial charge on any atom is 0.107 e. The number of aryl methyl sites for hydroxylation is 1. The van der Waals surface area contributed by atoms with Crippen molar-refractivity contribution >= 4 is 17.1 Å². The van der Waals surface area contributed by atoms with Crippen LogP contribution in [0.2, 0.25) is 0 Å². The molecule has 2 aromatic carbocycles. The van der Waals surface area contributed by atoms with E-state index in [2.05, 4.69) is 65.5 Å². The topological polar surface area (TPSA) is 17.8 Å². The Bertz CT molecular complexity index is 721. The van der Waals surface area contributed by atoms with Crippen LogP contribution in [0.15, 0.2) is 55.1 Å². The molecule has 3 aromatic rings. The van der Waals surface area contributed by atoms with E-state index in [0.29, 0.717) is 0 Å². The van der Waals surface area contributed by atoms with Gasteiger partial charge in [0.05, 0.1) is 11.0 Å². The van der Waals surface area contributed by atoms with E-state index in [1.807, 2.05) is 12.1 Å². The van der Waals surface area contributed by atoms with Gasteiger partial charge in [-0.3, -0.25) is 0 Å². The van der Waals surface area contributed by atoms with Gasteiger partial charge in [-0.25, -0.2) is 4.98 Å². The normalized spacial score (nSPS) is 10.8. The van der Waals surface area contributed by atoms with Gasteiger partial charge in [0.1, 0.15) is 5.82 Å². The summed E-state index contributed by atoms with van der Waals surface area (Å²) < 4.78 is 2.25. The molecule has 0 N–H and O–H groups in total. The Morgan fingerprint density at radius 1 is 1.11 bits per heavy atom. The molecule has 0 bridgehead atoms. The van der Waals surface area contributed by atoms with E-state index in [1.54, 1.807) is 0 Å². The van der Waals surface area contributed by atoms with Crippen LogP contribution >= 0.6 is 0 Å². The summed E-state index contributed by atoms with van der Waals surface area (Å²) in [7, 11) is 0. The monoisotopic (exact) mass is 248 g/mol. The van der Waals surface area contributed by atoms with Crippen molar-refractivity contribution < 1.29 is 0 Å². The lowest BCUT2D eigenvalue weighted by Gasteiger charge is -2.07. The Hall–Kier alpha value is -2.35. The zero-order valence-electron chi connectivity index (χ0n) is 11.0. The van der Waals surface area contributed by atoms with E-state index in [4.69, 9.17) is 0 Å². The summed E-state index contributed by atoms with van der Waals surface area (Å²) in [6.07, 6.45) is 1.86. The molecule has 3 rings (SSSR count). The van der Waals surface area contributed by atoms with Crippen molar-refractivity contribution in [2.45, 2.75) is 13.5 Å². The highest BCUT2D eigenvalue weighted by Gasteiger charge is 2.06. The van der Waals surface area contributed by atoms with Crippen LogP contribution in [0.3, 0.4) is 0 Å². The fraction of sp³-hybridized carbons (Fsp3) is 0.118. The first-order chi connectivity index (χ1) is 9.28. The minimum absolute atomic E-state index is 0.851. The highest BCUT2D eigenvalue weighted by molar-refractivity contribution is 5.75. The van der Waals surface area contributed by atoms with Crippen LogP contribution in [0.25, 0.3) is 17.1 Å². The fourth-order valence-electron chi connectivity index (χ4n) is 2.34. The van der Waals surface area contributed by atoms with E-state index in [-0.39, 0.29) is 0 Å². The standard InChI is InChI=1S/C17H16N2/c1-3-14-8-10-15(11-9-14)12-19-13(2)18-16-6-4-5-7-17(16)19/h3-11H,1,12H2,2H3. The molecule has 19 heavy (non-hydrogen) atoms. The van der Waals surface area contributed by atoms with Gasteiger partial charge in [0.2, 0.25) is 0 Å². The van der Waals surface area contributed by atoms with Gasteiger partial charge in [-0.15, -0.1) is 0 Å². The number of rotatable bonds is 3. The molecule has 1 aromatic heterocycles. The van der Waals surface area contributed by atoms with Gasteiger partial charge >= 0.3 is 0 Å². The van der Waals surface area contributed by atoms with Crippen LogP contribution in [0.4, 0.5) is 0 Å². The highest BCUT2D eigenvalue weighted by atomic mass is 15.1.